The van der Waals surface area contributed by atoms with Crippen molar-refractivity contribution in [1.82, 2.24) is 5.32 Å². The van der Waals surface area contributed by atoms with Crippen LogP contribution >= 0.6 is 0 Å². The number of benzene rings is 1. The summed E-state index contributed by atoms with van der Waals surface area (Å²) in [5.41, 5.74) is 1.69. The van der Waals surface area contributed by atoms with E-state index in [2.05, 4.69) is 18.3 Å². The molecule has 0 radical (unpaired) electrons. The Morgan fingerprint density at radius 3 is 2.72 bits per heavy atom. The highest BCUT2D eigenvalue weighted by molar-refractivity contribution is 5.28. The van der Waals surface area contributed by atoms with Crippen LogP contribution in [0.3, 0.4) is 0 Å². The van der Waals surface area contributed by atoms with Gasteiger partial charge in [0, 0.05) is 6.54 Å². The number of aromatic hydroxyl groups is 1. The molecule has 1 aromatic rings. The van der Waals surface area contributed by atoms with Crippen LogP contribution in [0.4, 0.5) is 0 Å². The maximum absolute atomic E-state index is 9.57. The summed E-state index contributed by atoms with van der Waals surface area (Å²) in [4.78, 5) is 0. The normalized spacial score (nSPS) is 18.1. The summed E-state index contributed by atoms with van der Waals surface area (Å²) in [6, 6.07) is 7.76. The molecule has 0 heterocycles. The Hall–Kier alpha value is -1.02. The predicted molar refractivity (Wildman–Crippen MR) is 75.9 cm³/mol. The lowest BCUT2D eigenvalue weighted by Crippen LogP contribution is -2.34. The van der Waals surface area contributed by atoms with Crippen LogP contribution in [0.2, 0.25) is 0 Å². The third-order valence-corrected chi connectivity index (χ3v) is 4.08. The first kappa shape index (κ1) is 13.4. The van der Waals surface area contributed by atoms with Crippen molar-refractivity contribution in [3.8, 4) is 5.75 Å². The molecule has 0 unspecified atom stereocenters. The van der Waals surface area contributed by atoms with Crippen molar-refractivity contribution in [1.29, 1.82) is 0 Å². The molecule has 1 saturated carbocycles. The molecule has 2 nitrogen and oxygen atoms in total. The molecule has 0 saturated heterocycles. The number of hydrogen-bond acceptors (Lipinski definition) is 2. The zero-order valence-corrected chi connectivity index (χ0v) is 11.4. The van der Waals surface area contributed by atoms with Crippen LogP contribution in [0.25, 0.3) is 0 Å². The highest BCUT2D eigenvalue weighted by Gasteiger charge is 2.33. The molecule has 1 fully saturated rings. The van der Waals surface area contributed by atoms with Crippen LogP contribution in [0, 0.1) is 5.41 Å². The standard InChI is InChI=1S/C16H25NO/c1-2-10-17-13-16(8-3-4-9-16)12-14-6-5-7-15(18)11-14/h5-7,11,17-18H,2-4,8-10,12-13H2,1H3. The van der Waals surface area contributed by atoms with Gasteiger partial charge in [-0.15, -0.1) is 0 Å². The van der Waals surface area contributed by atoms with Crippen molar-refractivity contribution in [2.45, 2.75) is 45.4 Å². The Balaban J connectivity index is 2.01. The first-order valence-electron chi connectivity index (χ1n) is 7.23. The number of phenols is 1. The Labute approximate surface area is 110 Å². The van der Waals surface area contributed by atoms with Crippen molar-refractivity contribution in [2.24, 2.45) is 5.41 Å². The molecule has 18 heavy (non-hydrogen) atoms. The van der Waals surface area contributed by atoms with Crippen LogP contribution in [0.1, 0.15) is 44.6 Å². The quantitative estimate of drug-likeness (QED) is 0.754. The average molecular weight is 247 g/mol. The second-order valence-corrected chi connectivity index (χ2v) is 5.73. The highest BCUT2D eigenvalue weighted by atomic mass is 16.3. The van der Waals surface area contributed by atoms with Gasteiger partial charge in [-0.05, 0) is 55.3 Å². The zero-order chi connectivity index (χ0) is 12.8. The first-order chi connectivity index (χ1) is 8.74. The summed E-state index contributed by atoms with van der Waals surface area (Å²) in [5, 5.41) is 13.2. The molecule has 2 heteroatoms. The van der Waals surface area contributed by atoms with E-state index in [1.54, 1.807) is 6.07 Å². The van der Waals surface area contributed by atoms with Crippen LogP contribution in [0.5, 0.6) is 5.75 Å². The molecule has 0 amide bonds. The second kappa shape index (κ2) is 6.24. The van der Waals surface area contributed by atoms with E-state index < -0.39 is 0 Å². The number of nitrogens with one attached hydrogen (secondary N) is 1. The molecule has 1 aliphatic carbocycles. The lowest BCUT2D eigenvalue weighted by atomic mass is 9.80. The fourth-order valence-corrected chi connectivity index (χ4v) is 3.17. The predicted octanol–water partition coefficient (Wildman–Crippen LogP) is 3.49. The van der Waals surface area contributed by atoms with Crippen molar-refractivity contribution >= 4 is 0 Å². The monoisotopic (exact) mass is 247 g/mol. The molecule has 2 rings (SSSR count). The molecule has 0 aromatic heterocycles. The minimum absolute atomic E-state index is 0.391. The van der Waals surface area contributed by atoms with Gasteiger partial charge in [0.1, 0.15) is 5.75 Å². The lowest BCUT2D eigenvalue weighted by molar-refractivity contribution is 0.278. The van der Waals surface area contributed by atoms with E-state index in [1.807, 2.05) is 12.1 Å². The first-order valence-corrected chi connectivity index (χ1v) is 7.23. The molecule has 0 aliphatic heterocycles. The van der Waals surface area contributed by atoms with Gasteiger partial charge in [0.05, 0.1) is 0 Å². The smallest absolute Gasteiger partial charge is 0.115 e. The van der Waals surface area contributed by atoms with Gasteiger partial charge >= 0.3 is 0 Å². The fraction of sp³-hybridized carbons (Fsp3) is 0.625. The maximum Gasteiger partial charge on any atom is 0.115 e. The van der Waals surface area contributed by atoms with Crippen LogP contribution in [-0.2, 0) is 6.42 Å². The third-order valence-electron chi connectivity index (χ3n) is 4.08. The van der Waals surface area contributed by atoms with Gasteiger partial charge in [-0.3, -0.25) is 0 Å². The molecule has 1 aliphatic rings. The van der Waals surface area contributed by atoms with Gasteiger partial charge in [-0.2, -0.15) is 0 Å². The van der Waals surface area contributed by atoms with E-state index in [0.29, 0.717) is 11.2 Å². The summed E-state index contributed by atoms with van der Waals surface area (Å²) in [6.07, 6.45) is 7.64. The van der Waals surface area contributed by atoms with E-state index >= 15 is 0 Å². The van der Waals surface area contributed by atoms with Gasteiger partial charge in [0.2, 0.25) is 0 Å². The summed E-state index contributed by atoms with van der Waals surface area (Å²) < 4.78 is 0. The number of hydrogen-bond donors (Lipinski definition) is 2. The SMILES string of the molecule is CCCNCC1(Cc2cccc(O)c2)CCCC1. The van der Waals surface area contributed by atoms with Gasteiger partial charge in [0.15, 0.2) is 0 Å². The zero-order valence-electron chi connectivity index (χ0n) is 11.4. The molecule has 0 bridgehead atoms. The molecule has 2 N–H and O–H groups in total. The van der Waals surface area contributed by atoms with Crippen molar-refractivity contribution in [3.05, 3.63) is 29.8 Å². The Morgan fingerprint density at radius 2 is 2.06 bits per heavy atom. The Morgan fingerprint density at radius 1 is 1.28 bits per heavy atom. The average Bonchev–Trinajstić information content (AvgIpc) is 2.78. The van der Waals surface area contributed by atoms with E-state index in [4.69, 9.17) is 0 Å². The minimum Gasteiger partial charge on any atom is -0.508 e. The van der Waals surface area contributed by atoms with Crippen LogP contribution in [0.15, 0.2) is 24.3 Å². The van der Waals surface area contributed by atoms with E-state index in [-0.39, 0.29) is 0 Å². The molecule has 100 valence electrons. The number of phenolic OH excluding ortho intramolecular Hbond substituents is 1. The second-order valence-electron chi connectivity index (χ2n) is 5.73. The highest BCUT2D eigenvalue weighted by Crippen LogP contribution is 2.40. The van der Waals surface area contributed by atoms with Gasteiger partial charge in [-0.1, -0.05) is 31.9 Å². The van der Waals surface area contributed by atoms with Crippen LogP contribution in [-0.4, -0.2) is 18.2 Å². The van der Waals surface area contributed by atoms with Crippen LogP contribution < -0.4 is 5.32 Å². The van der Waals surface area contributed by atoms with Crippen molar-refractivity contribution in [3.63, 3.8) is 0 Å². The summed E-state index contributed by atoms with van der Waals surface area (Å²) in [5.74, 6) is 0.391. The van der Waals surface area contributed by atoms with Gasteiger partial charge < -0.3 is 10.4 Å². The minimum atomic E-state index is 0.391. The Kier molecular flexibility index (Phi) is 4.65. The van der Waals surface area contributed by atoms with E-state index in [9.17, 15) is 5.11 Å². The third kappa shape index (κ3) is 3.49. The van der Waals surface area contributed by atoms with Crippen molar-refractivity contribution in [2.75, 3.05) is 13.1 Å². The topological polar surface area (TPSA) is 32.3 Å². The maximum atomic E-state index is 9.57. The molecular formula is C16H25NO. The summed E-state index contributed by atoms with van der Waals surface area (Å²) in [7, 11) is 0. The molecular weight excluding hydrogens is 222 g/mol. The molecule has 0 atom stereocenters. The summed E-state index contributed by atoms with van der Waals surface area (Å²) >= 11 is 0. The summed E-state index contributed by atoms with van der Waals surface area (Å²) in [6.45, 7) is 4.45. The lowest BCUT2D eigenvalue weighted by Gasteiger charge is -2.29. The van der Waals surface area contributed by atoms with E-state index in [0.717, 1.165) is 19.5 Å². The number of rotatable bonds is 6. The molecule has 1 aromatic carbocycles. The van der Waals surface area contributed by atoms with Crippen molar-refractivity contribution < 1.29 is 5.11 Å². The fourth-order valence-electron chi connectivity index (χ4n) is 3.17. The van der Waals surface area contributed by atoms with E-state index in [1.165, 1.54) is 37.7 Å². The molecule has 0 spiro atoms. The van der Waals surface area contributed by atoms with Gasteiger partial charge in [-0.25, -0.2) is 0 Å². The van der Waals surface area contributed by atoms with Gasteiger partial charge in [0.25, 0.3) is 0 Å². The Bertz CT molecular complexity index is 369. The largest absolute Gasteiger partial charge is 0.508 e.